The van der Waals surface area contributed by atoms with Gasteiger partial charge in [-0.05, 0) is 116 Å². The molecule has 0 saturated heterocycles. The van der Waals surface area contributed by atoms with Crippen molar-refractivity contribution in [3.63, 3.8) is 0 Å². The molecule has 610 valence electrons. The van der Waals surface area contributed by atoms with Gasteiger partial charge in [-0.3, -0.25) is 21.1 Å². The van der Waals surface area contributed by atoms with Crippen LogP contribution < -0.4 is 87.7 Å². The Labute approximate surface area is 670 Å². The predicted octanol–water partition coefficient (Wildman–Crippen LogP) is 8.06. The number of hydrazine groups is 6. The van der Waals surface area contributed by atoms with Gasteiger partial charge in [-0.25, -0.2) is 43.8 Å². The summed E-state index contributed by atoms with van der Waals surface area (Å²) in [7, 11) is 0. The molecule has 5 aromatic carbocycles. The molecule has 13 rings (SSSR count). The Bertz CT molecular complexity index is 5020. The maximum Gasteiger partial charge on any atom is 0.425 e. The number of hydrogen-bond donors (Lipinski definition) is 16. The molecule has 2 unspecified atom stereocenters. The number of anilines is 9. The number of nitrogens with zero attached hydrogens (tertiary/aromatic N) is 18. The number of nitrogens with one attached hydrogen (secondary N) is 9. The molecule has 2 atom stereocenters. The van der Waals surface area contributed by atoms with Crippen LogP contribution >= 0.6 is 0 Å². The third-order valence-corrected chi connectivity index (χ3v) is 16.1. The Morgan fingerprint density at radius 3 is 1.42 bits per heavy atom. The fourth-order valence-electron chi connectivity index (χ4n) is 10.8. The number of aliphatic hydroxyl groups excluding tert-OH is 2. The molecular formula is C77H100N32O7. The van der Waals surface area contributed by atoms with E-state index < -0.39 is 18.3 Å². The number of nitrogens with two attached hydrogens (primary N) is 5. The minimum Gasteiger partial charge on any atom is -0.449 e. The van der Waals surface area contributed by atoms with Crippen LogP contribution in [0, 0.1) is 0 Å². The Morgan fingerprint density at radius 1 is 0.517 bits per heavy atom. The maximum absolute atomic E-state index is 12.4. The summed E-state index contributed by atoms with van der Waals surface area (Å²) in [6, 6.07) is 49.2. The molecule has 0 spiro atoms. The lowest BCUT2D eigenvalue weighted by atomic mass is 10.0. The zero-order chi connectivity index (χ0) is 83.6. The van der Waals surface area contributed by atoms with E-state index >= 15 is 0 Å². The largest absolute Gasteiger partial charge is 0.449 e. The van der Waals surface area contributed by atoms with E-state index in [-0.39, 0.29) is 12.0 Å². The van der Waals surface area contributed by atoms with Gasteiger partial charge in [0, 0.05) is 101 Å². The summed E-state index contributed by atoms with van der Waals surface area (Å²) in [5, 5.41) is 85.8. The summed E-state index contributed by atoms with van der Waals surface area (Å²) in [6.07, 6.45) is 5.88. The number of hydrogen-bond acceptors (Lipinski definition) is 36. The van der Waals surface area contributed by atoms with Crippen LogP contribution in [-0.2, 0) is 29.0 Å². The summed E-state index contributed by atoms with van der Waals surface area (Å²) in [4.78, 5) is 40.3. The molecule has 0 bridgehead atoms. The second-order valence-corrected chi connectivity index (χ2v) is 25.1. The van der Waals surface area contributed by atoms with Gasteiger partial charge in [0.05, 0.1) is 61.1 Å². The summed E-state index contributed by atoms with van der Waals surface area (Å²) >= 11 is 0. The molecule has 7 aromatic heterocycles. The Hall–Kier alpha value is -14.0. The number of nitrogen functional groups attached to an aromatic ring is 4. The van der Waals surface area contributed by atoms with Crippen molar-refractivity contribution < 1.29 is 34.1 Å². The van der Waals surface area contributed by atoms with Crippen LogP contribution in [0.5, 0.6) is 0 Å². The highest BCUT2D eigenvalue weighted by Crippen LogP contribution is 2.26. The average Bonchev–Trinajstić information content (AvgIpc) is 0.815. The molecule has 39 nitrogen and oxygen atoms in total. The van der Waals surface area contributed by atoms with E-state index in [0.29, 0.717) is 99.0 Å². The first-order chi connectivity index (χ1) is 56.3. The number of ether oxygens (including phenoxy) is 2. The van der Waals surface area contributed by atoms with E-state index in [9.17, 15) is 24.6 Å². The summed E-state index contributed by atoms with van der Waals surface area (Å²) in [5.41, 5.74) is 34.0. The maximum atomic E-state index is 12.4. The summed E-state index contributed by atoms with van der Waals surface area (Å²) in [6.45, 7) is 21.6. The first-order valence-electron chi connectivity index (χ1n) is 36.7. The minimum atomic E-state index is -0.581. The summed E-state index contributed by atoms with van der Waals surface area (Å²) < 4.78 is 9.40. The highest BCUT2D eigenvalue weighted by molar-refractivity contribution is 5.99. The van der Waals surface area contributed by atoms with Gasteiger partial charge in [0.15, 0.2) is 52.4 Å². The number of hydrazone groups is 1. The van der Waals surface area contributed by atoms with Crippen LogP contribution in [0.1, 0.15) is 89.6 Å². The van der Waals surface area contributed by atoms with Crippen molar-refractivity contribution in [2.45, 2.75) is 94.0 Å². The fraction of sp³-hybridized carbons (Fsp3) is 0.273. The van der Waals surface area contributed by atoms with Crippen molar-refractivity contribution in [1.82, 2.24) is 87.1 Å². The highest BCUT2D eigenvalue weighted by Gasteiger charge is 2.23. The highest BCUT2D eigenvalue weighted by atomic mass is 16.6. The molecule has 21 N–H and O–H groups in total. The zero-order valence-corrected chi connectivity index (χ0v) is 65.9. The standard InChI is InChI=1S/C15H16N4O.C14H16N4.C12H21N5O3.C11H12N4O2.C9H17N5O.C8H10N6.C8H8N4/c16-9-13-8-12-10-19(7-6-14(12)18-17-13)15(20)11-4-2-1-3-5-11;1-10(2)8-11(3)16-18-14-13-7-5-4-6-12(13)9-15-17-14;1-4-17(8-9(3)18)11-7-6-10(13-15-11)14-16-12(19)20-5-2;1-2-17-11(16)15-14-10-9-6-4-3-5-8(9)7-12-13-10;1-3-14(6-7(2)15)9-5-4-8(11-10)12-13-9;9-11-7-5-3-1-2-4-6(5)8(12-10)14-13-7;9-11-8-7-4-2-1-3-6(7)5-10-12-8/h1-5,8H,6-7,9-10,16H2;4-9H,1-3H3,(H,17,18);6-7,9,18H,4-5,8H2,1-3H3,(H,13,14)(H,16,19);3-7H,2H2,1H3,(H,13,14)(H,15,16);4-5,7,15H,3,6,10H2,1-2H3,(H,11,12);1-4H,9-10H2,(H,11,13)(H,12,14);1-5H,9H2,(H,11,12)/b;16-11+;;;;;. The van der Waals surface area contributed by atoms with Gasteiger partial charge in [0.25, 0.3) is 5.91 Å². The normalized spacial score (nSPS) is 11.5. The van der Waals surface area contributed by atoms with Crippen molar-refractivity contribution in [3.05, 3.63) is 210 Å². The number of aromatic nitrogens is 14. The Morgan fingerprint density at radius 2 is 0.966 bits per heavy atom. The third kappa shape index (κ3) is 28.4. The minimum absolute atomic E-state index is 0.0577. The van der Waals surface area contributed by atoms with E-state index in [4.69, 9.17) is 33.8 Å². The van der Waals surface area contributed by atoms with E-state index in [2.05, 4.69) is 130 Å². The number of benzene rings is 5. The fourth-order valence-corrected chi connectivity index (χ4v) is 10.8. The van der Waals surface area contributed by atoms with E-state index in [0.717, 1.165) is 90.1 Å². The molecule has 8 heterocycles. The number of allylic oxidation sites excluding steroid dienone is 2. The molecule has 0 fully saturated rings. The summed E-state index contributed by atoms with van der Waals surface area (Å²) in [5.74, 6) is 26.2. The van der Waals surface area contributed by atoms with Gasteiger partial charge in [-0.1, -0.05) is 121 Å². The monoisotopic (exact) mass is 1580 g/mol. The van der Waals surface area contributed by atoms with E-state index in [1.54, 1.807) is 64.5 Å². The molecule has 116 heavy (non-hydrogen) atoms. The van der Waals surface area contributed by atoms with Crippen LogP contribution in [0.2, 0.25) is 0 Å². The van der Waals surface area contributed by atoms with Crippen LogP contribution in [-0.4, -0.2) is 168 Å². The van der Waals surface area contributed by atoms with Crippen molar-refractivity contribution in [1.29, 1.82) is 0 Å². The molecule has 0 radical (unpaired) electrons. The molecule has 0 aliphatic carbocycles. The number of rotatable bonds is 23. The van der Waals surface area contributed by atoms with Gasteiger partial charge in [-0.15, -0.1) is 45.9 Å². The number of carbonyl (C=O) groups excluding carboxylic acids is 3. The lowest BCUT2D eigenvalue weighted by Gasteiger charge is -2.28. The predicted molar refractivity (Wildman–Crippen MR) is 451 cm³/mol. The van der Waals surface area contributed by atoms with Gasteiger partial charge in [0.2, 0.25) is 0 Å². The molecule has 12 aromatic rings. The lowest BCUT2D eigenvalue weighted by molar-refractivity contribution is 0.0732. The van der Waals surface area contributed by atoms with Crippen LogP contribution in [0.25, 0.3) is 43.1 Å². The first kappa shape index (κ1) is 89.2. The quantitative estimate of drug-likeness (QED) is 0.0163. The van der Waals surface area contributed by atoms with Crippen LogP contribution in [0.15, 0.2) is 193 Å². The molecule has 3 amide bonds. The number of fused-ring (bicyclic) bond motifs is 5. The second kappa shape index (κ2) is 48.1. The zero-order valence-electron chi connectivity index (χ0n) is 65.9. The van der Waals surface area contributed by atoms with Gasteiger partial charge in [0.1, 0.15) is 0 Å². The Kier molecular flexibility index (Phi) is 37.0. The molecule has 0 saturated carbocycles. The molecule has 1 aliphatic rings. The van der Waals surface area contributed by atoms with Crippen molar-refractivity contribution in [2.24, 2.45) is 34.2 Å². The molecular weight excluding hydrogens is 1490 g/mol. The van der Waals surface area contributed by atoms with Crippen molar-refractivity contribution in [2.75, 3.05) is 93.7 Å². The first-order valence-corrected chi connectivity index (χ1v) is 36.7. The second-order valence-electron chi connectivity index (χ2n) is 25.1. The third-order valence-electron chi connectivity index (χ3n) is 16.1. The van der Waals surface area contributed by atoms with E-state index in [1.807, 2.05) is 195 Å². The number of aliphatic hydroxyl groups is 2. The molecule has 39 heteroatoms. The average molecular weight is 1590 g/mol. The smallest absolute Gasteiger partial charge is 0.425 e. The molecule has 1 aliphatic heterocycles. The topological polar surface area (TPSA) is 551 Å². The van der Waals surface area contributed by atoms with Gasteiger partial charge in [-0.2, -0.15) is 30.6 Å². The lowest BCUT2D eigenvalue weighted by Crippen LogP contribution is -2.36. The number of carbonyl (C=O) groups is 3. The van der Waals surface area contributed by atoms with Gasteiger partial charge >= 0.3 is 12.2 Å². The van der Waals surface area contributed by atoms with Crippen LogP contribution in [0.3, 0.4) is 0 Å². The Balaban J connectivity index is 0.000000188. The SMILES string of the molecule is CC(C)=C/C(C)=N/Nc1nncc2ccccc12.CCN(CC(C)O)c1ccc(NN)nn1.CCOC(=O)NNc1ccc(N(CC)CC(C)O)nn1.CCOC(=O)NNc1nncc2ccccc12.NCc1cc2c(nn1)CCN(C(=O)c1ccccc1)C2.NNc1nnc(NN)c2ccccc12.NNc1nncc2ccccc12. The number of likely N-dealkylation sites (N-methyl/N-ethyl adjacent to an activating group) is 2. The van der Waals surface area contributed by atoms with E-state index in [1.165, 1.54) is 5.57 Å². The van der Waals surface area contributed by atoms with Gasteiger partial charge < -0.3 is 61.8 Å². The van der Waals surface area contributed by atoms with Crippen molar-refractivity contribution in [3.8, 4) is 0 Å². The van der Waals surface area contributed by atoms with Crippen LogP contribution in [0.4, 0.5) is 61.9 Å². The number of amides is 3. The van der Waals surface area contributed by atoms with Crippen molar-refractivity contribution >= 4 is 119 Å².